The Morgan fingerprint density at radius 3 is 2.71 bits per heavy atom. The van der Waals surface area contributed by atoms with E-state index in [4.69, 9.17) is 16.3 Å². The molecule has 0 aliphatic carbocycles. The average Bonchev–Trinajstić information content (AvgIpc) is 2.18. The first-order chi connectivity index (χ1) is 6.61. The first-order valence-corrected chi connectivity index (χ1v) is 4.75. The van der Waals surface area contributed by atoms with Crippen molar-refractivity contribution in [3.8, 4) is 5.88 Å². The van der Waals surface area contributed by atoms with Gasteiger partial charge in [0.15, 0.2) is 0 Å². The molecule has 0 aliphatic heterocycles. The van der Waals surface area contributed by atoms with Gasteiger partial charge in [0.2, 0.25) is 5.88 Å². The number of nitrogens with zero attached hydrogens (tertiary/aromatic N) is 1. The summed E-state index contributed by atoms with van der Waals surface area (Å²) in [6, 6.07) is 0. The van der Waals surface area contributed by atoms with Crippen molar-refractivity contribution in [1.82, 2.24) is 4.98 Å². The third-order valence-corrected chi connectivity index (χ3v) is 2.48. The van der Waals surface area contributed by atoms with E-state index in [-0.39, 0.29) is 16.5 Å². The van der Waals surface area contributed by atoms with Gasteiger partial charge in [-0.1, -0.05) is 11.6 Å². The van der Waals surface area contributed by atoms with Crippen LogP contribution in [0.4, 0.5) is 0 Å². The normalized spacial score (nSPS) is 9.71. The van der Waals surface area contributed by atoms with Gasteiger partial charge in [-0.25, -0.2) is 9.78 Å². The molecule has 0 unspecified atom stereocenters. The Hall–Kier alpha value is -0.810. The summed E-state index contributed by atoms with van der Waals surface area (Å²) in [4.78, 5) is 15.2. The van der Waals surface area contributed by atoms with Gasteiger partial charge < -0.3 is 9.47 Å². The predicted molar refractivity (Wildman–Crippen MR) is 54.8 cm³/mol. The number of halogens is 2. The molecule has 1 rings (SSSR count). The predicted octanol–water partition coefficient (Wildman–Crippen LogP) is 2.29. The number of aromatic nitrogens is 1. The van der Waals surface area contributed by atoms with Gasteiger partial charge in [-0.05, 0) is 15.9 Å². The Kier molecular flexibility index (Phi) is 3.71. The van der Waals surface area contributed by atoms with Crippen LogP contribution in [0.1, 0.15) is 10.4 Å². The smallest absolute Gasteiger partial charge is 0.340 e. The zero-order chi connectivity index (χ0) is 10.7. The minimum absolute atomic E-state index is 0.133. The summed E-state index contributed by atoms with van der Waals surface area (Å²) >= 11 is 9.02. The van der Waals surface area contributed by atoms with Gasteiger partial charge in [-0.2, -0.15) is 0 Å². The molecule has 76 valence electrons. The van der Waals surface area contributed by atoms with Crippen molar-refractivity contribution in [2.24, 2.45) is 0 Å². The molecule has 0 aliphatic rings. The van der Waals surface area contributed by atoms with Crippen LogP contribution >= 0.6 is 27.5 Å². The summed E-state index contributed by atoms with van der Waals surface area (Å²) in [6.07, 6.45) is 1.43. The maximum absolute atomic E-state index is 11.3. The fourth-order valence-electron chi connectivity index (χ4n) is 0.880. The van der Waals surface area contributed by atoms with Crippen LogP contribution in [-0.4, -0.2) is 25.2 Å². The van der Waals surface area contributed by atoms with E-state index in [1.807, 2.05) is 0 Å². The van der Waals surface area contributed by atoms with Crippen molar-refractivity contribution in [2.45, 2.75) is 0 Å². The Balaban J connectivity index is 3.32. The lowest BCUT2D eigenvalue weighted by atomic mass is 10.2. The van der Waals surface area contributed by atoms with Crippen LogP contribution in [0, 0.1) is 0 Å². The van der Waals surface area contributed by atoms with E-state index >= 15 is 0 Å². The lowest BCUT2D eigenvalue weighted by Gasteiger charge is -2.07. The number of carbonyl (C=O) groups is 1. The topological polar surface area (TPSA) is 48.4 Å². The summed E-state index contributed by atoms with van der Waals surface area (Å²) in [5.74, 6) is -0.349. The Labute approximate surface area is 94.3 Å². The minimum atomic E-state index is -0.539. The lowest BCUT2D eigenvalue weighted by Crippen LogP contribution is -2.05. The van der Waals surface area contributed by atoms with Crippen LogP contribution in [0.2, 0.25) is 5.02 Å². The zero-order valence-electron chi connectivity index (χ0n) is 7.51. The Morgan fingerprint density at radius 2 is 2.21 bits per heavy atom. The van der Waals surface area contributed by atoms with Crippen molar-refractivity contribution in [2.75, 3.05) is 14.2 Å². The van der Waals surface area contributed by atoms with Gasteiger partial charge in [-0.15, -0.1) is 0 Å². The molecule has 0 radical (unpaired) electrons. The van der Waals surface area contributed by atoms with Crippen LogP contribution in [0.3, 0.4) is 0 Å². The van der Waals surface area contributed by atoms with Crippen LogP contribution in [0.15, 0.2) is 10.7 Å². The molecule has 0 N–H and O–H groups in total. The molecule has 0 saturated heterocycles. The van der Waals surface area contributed by atoms with Crippen molar-refractivity contribution in [3.63, 3.8) is 0 Å². The van der Waals surface area contributed by atoms with Crippen LogP contribution in [0.25, 0.3) is 0 Å². The van der Waals surface area contributed by atoms with Crippen molar-refractivity contribution >= 4 is 33.5 Å². The van der Waals surface area contributed by atoms with Crippen LogP contribution in [-0.2, 0) is 4.74 Å². The molecule has 4 nitrogen and oxygen atoms in total. The van der Waals surface area contributed by atoms with E-state index in [2.05, 4.69) is 25.7 Å². The van der Waals surface area contributed by atoms with Gasteiger partial charge in [0.25, 0.3) is 0 Å². The van der Waals surface area contributed by atoms with E-state index in [9.17, 15) is 4.79 Å². The summed E-state index contributed by atoms with van der Waals surface area (Å²) < 4.78 is 9.89. The number of pyridine rings is 1. The maximum Gasteiger partial charge on any atom is 0.340 e. The quantitative estimate of drug-likeness (QED) is 0.780. The molecule has 0 aromatic carbocycles. The van der Waals surface area contributed by atoms with Crippen molar-refractivity contribution in [1.29, 1.82) is 0 Å². The lowest BCUT2D eigenvalue weighted by molar-refractivity contribution is 0.0599. The number of methoxy groups -OCH3 is 2. The summed E-state index contributed by atoms with van der Waals surface area (Å²) in [5, 5.41) is 0.133. The third-order valence-electron chi connectivity index (χ3n) is 1.52. The maximum atomic E-state index is 11.3. The summed E-state index contributed by atoms with van der Waals surface area (Å²) in [7, 11) is 2.70. The van der Waals surface area contributed by atoms with Gasteiger partial charge >= 0.3 is 5.97 Å². The third kappa shape index (κ3) is 1.99. The molecule has 6 heteroatoms. The molecule has 0 bridgehead atoms. The number of esters is 1. The van der Waals surface area contributed by atoms with E-state index in [0.29, 0.717) is 4.47 Å². The Morgan fingerprint density at radius 1 is 1.57 bits per heavy atom. The molecule has 1 aromatic rings. The molecule has 0 amide bonds. The highest BCUT2D eigenvalue weighted by Gasteiger charge is 2.19. The molecule has 0 fully saturated rings. The van der Waals surface area contributed by atoms with E-state index in [0.717, 1.165) is 0 Å². The van der Waals surface area contributed by atoms with Gasteiger partial charge in [0.05, 0.1) is 24.3 Å². The highest BCUT2D eigenvalue weighted by atomic mass is 79.9. The number of carbonyl (C=O) groups excluding carboxylic acids is 1. The van der Waals surface area contributed by atoms with E-state index < -0.39 is 5.97 Å². The van der Waals surface area contributed by atoms with Gasteiger partial charge in [0, 0.05) is 6.20 Å². The zero-order valence-corrected chi connectivity index (χ0v) is 9.85. The van der Waals surface area contributed by atoms with Crippen LogP contribution < -0.4 is 4.74 Å². The molecule has 14 heavy (non-hydrogen) atoms. The first kappa shape index (κ1) is 11.3. The largest absolute Gasteiger partial charge is 0.480 e. The standard InChI is InChI=1S/C8H7BrClNO3/c1-13-7-6(10)5(8(12)14-2)4(9)3-11-7/h3H,1-2H3. The average molecular weight is 281 g/mol. The minimum Gasteiger partial charge on any atom is -0.480 e. The molecule has 1 aromatic heterocycles. The number of hydrogen-bond donors (Lipinski definition) is 0. The second-order valence-electron chi connectivity index (χ2n) is 2.30. The molecular weight excluding hydrogens is 273 g/mol. The summed E-state index contributed by atoms with van der Waals surface area (Å²) in [5.41, 5.74) is 0.209. The molecule has 1 heterocycles. The van der Waals surface area contributed by atoms with Crippen molar-refractivity contribution in [3.05, 3.63) is 21.3 Å². The first-order valence-electron chi connectivity index (χ1n) is 3.58. The van der Waals surface area contributed by atoms with E-state index in [1.165, 1.54) is 20.4 Å². The fraction of sp³-hybridized carbons (Fsp3) is 0.250. The number of rotatable bonds is 2. The van der Waals surface area contributed by atoms with E-state index in [1.54, 1.807) is 0 Å². The Bertz CT molecular complexity index is 370. The van der Waals surface area contributed by atoms with Crippen LogP contribution in [0.5, 0.6) is 5.88 Å². The molecular formula is C8H7BrClNO3. The second kappa shape index (κ2) is 4.61. The number of ether oxygens (including phenoxy) is 2. The highest BCUT2D eigenvalue weighted by Crippen LogP contribution is 2.31. The summed E-state index contributed by atoms with van der Waals surface area (Å²) in [6.45, 7) is 0. The number of hydrogen-bond acceptors (Lipinski definition) is 4. The monoisotopic (exact) mass is 279 g/mol. The van der Waals surface area contributed by atoms with Gasteiger partial charge in [0.1, 0.15) is 5.02 Å². The fourth-order valence-corrected chi connectivity index (χ4v) is 1.76. The second-order valence-corrected chi connectivity index (χ2v) is 3.53. The van der Waals surface area contributed by atoms with Gasteiger partial charge in [-0.3, -0.25) is 0 Å². The SMILES string of the molecule is COC(=O)c1c(Br)cnc(OC)c1Cl. The highest BCUT2D eigenvalue weighted by molar-refractivity contribution is 9.10. The molecule has 0 saturated carbocycles. The van der Waals surface area contributed by atoms with Crippen molar-refractivity contribution < 1.29 is 14.3 Å². The molecule has 0 atom stereocenters. The molecule has 0 spiro atoms.